The first-order valence-corrected chi connectivity index (χ1v) is 10.8. The monoisotopic (exact) mass is 394 g/mol. The number of rotatable bonds is 8. The van der Waals surface area contributed by atoms with Crippen molar-refractivity contribution in [1.82, 2.24) is 10.2 Å². The minimum Gasteiger partial charge on any atom is -0.373 e. The lowest BCUT2D eigenvalue weighted by atomic mass is 10.1. The molecule has 29 heavy (non-hydrogen) atoms. The number of benzene rings is 2. The zero-order valence-electron chi connectivity index (χ0n) is 18.0. The van der Waals surface area contributed by atoms with Crippen LogP contribution < -0.4 is 5.32 Å². The Kier molecular flexibility index (Phi) is 7.84. The molecule has 1 aliphatic heterocycles. The van der Waals surface area contributed by atoms with E-state index in [0.717, 1.165) is 38.0 Å². The van der Waals surface area contributed by atoms with E-state index in [-0.39, 0.29) is 5.91 Å². The van der Waals surface area contributed by atoms with E-state index < -0.39 is 0 Å². The molecule has 156 valence electrons. The highest BCUT2D eigenvalue weighted by atomic mass is 16.5. The molecule has 0 aliphatic carbocycles. The van der Waals surface area contributed by atoms with Crippen LogP contribution in [0.1, 0.15) is 48.9 Å². The second-order valence-corrected chi connectivity index (χ2v) is 8.38. The third kappa shape index (κ3) is 7.30. The van der Waals surface area contributed by atoms with Crippen LogP contribution in [0.5, 0.6) is 0 Å². The van der Waals surface area contributed by atoms with E-state index in [4.69, 9.17) is 4.74 Å². The Morgan fingerprint density at radius 1 is 0.966 bits per heavy atom. The van der Waals surface area contributed by atoms with Crippen molar-refractivity contribution in [2.45, 2.75) is 65.3 Å². The predicted molar refractivity (Wildman–Crippen MR) is 118 cm³/mol. The number of carbonyl (C=O) groups is 1. The lowest BCUT2D eigenvalue weighted by Gasteiger charge is -2.35. The summed E-state index contributed by atoms with van der Waals surface area (Å²) in [6.07, 6.45) is 2.98. The van der Waals surface area contributed by atoms with Gasteiger partial charge in [-0.3, -0.25) is 9.69 Å². The van der Waals surface area contributed by atoms with Gasteiger partial charge in [-0.2, -0.15) is 0 Å². The molecule has 4 nitrogen and oxygen atoms in total. The first kappa shape index (κ1) is 21.5. The minimum absolute atomic E-state index is 0.123. The largest absolute Gasteiger partial charge is 0.373 e. The third-order valence-electron chi connectivity index (χ3n) is 5.40. The molecule has 2 aromatic carbocycles. The van der Waals surface area contributed by atoms with E-state index in [1.807, 2.05) is 0 Å². The summed E-state index contributed by atoms with van der Waals surface area (Å²) in [7, 11) is 0. The minimum atomic E-state index is 0.123. The molecule has 0 spiro atoms. The highest BCUT2D eigenvalue weighted by Gasteiger charge is 2.21. The smallest absolute Gasteiger partial charge is 0.220 e. The summed E-state index contributed by atoms with van der Waals surface area (Å²) in [4.78, 5) is 14.6. The molecule has 1 amide bonds. The lowest BCUT2D eigenvalue weighted by Crippen LogP contribution is -2.44. The van der Waals surface area contributed by atoms with Crippen LogP contribution in [0.25, 0.3) is 0 Å². The number of ether oxygens (including phenoxy) is 1. The Bertz CT molecular complexity index is 760. The number of nitrogens with zero attached hydrogens (tertiary/aromatic N) is 1. The van der Waals surface area contributed by atoms with Crippen molar-refractivity contribution in [2.75, 3.05) is 13.1 Å². The highest BCUT2D eigenvalue weighted by Crippen LogP contribution is 2.15. The number of nitrogens with one attached hydrogen (secondary N) is 1. The van der Waals surface area contributed by atoms with Crippen LogP contribution in [0.15, 0.2) is 48.5 Å². The van der Waals surface area contributed by atoms with Gasteiger partial charge in [0, 0.05) is 32.6 Å². The van der Waals surface area contributed by atoms with Crippen molar-refractivity contribution in [3.05, 3.63) is 70.8 Å². The average Bonchev–Trinajstić information content (AvgIpc) is 2.68. The molecule has 3 rings (SSSR count). The van der Waals surface area contributed by atoms with Gasteiger partial charge >= 0.3 is 0 Å². The molecule has 1 heterocycles. The van der Waals surface area contributed by atoms with Gasteiger partial charge < -0.3 is 10.1 Å². The molecule has 0 aromatic heterocycles. The Balaban J connectivity index is 1.37. The molecule has 4 heteroatoms. The van der Waals surface area contributed by atoms with E-state index in [2.05, 4.69) is 79.5 Å². The Morgan fingerprint density at radius 2 is 1.55 bits per heavy atom. The Hall–Kier alpha value is -2.17. The maximum absolute atomic E-state index is 12.1. The lowest BCUT2D eigenvalue weighted by molar-refractivity contribution is -0.121. The number of aryl methyl sites for hydroxylation is 2. The maximum Gasteiger partial charge on any atom is 0.220 e. The summed E-state index contributed by atoms with van der Waals surface area (Å²) in [5.74, 6) is 0.123. The Labute approximate surface area is 175 Å². The van der Waals surface area contributed by atoms with E-state index in [1.165, 1.54) is 16.7 Å². The van der Waals surface area contributed by atoms with Crippen molar-refractivity contribution >= 4 is 5.91 Å². The number of amides is 1. The van der Waals surface area contributed by atoms with Gasteiger partial charge in [-0.15, -0.1) is 0 Å². The summed E-state index contributed by atoms with van der Waals surface area (Å²) >= 11 is 0. The summed E-state index contributed by atoms with van der Waals surface area (Å²) in [6.45, 7) is 9.85. The number of carbonyl (C=O) groups excluding carboxylic acids is 1. The van der Waals surface area contributed by atoms with Crippen LogP contribution in [0.4, 0.5) is 0 Å². The number of hydrogen-bond acceptors (Lipinski definition) is 3. The Morgan fingerprint density at radius 3 is 2.21 bits per heavy atom. The van der Waals surface area contributed by atoms with Gasteiger partial charge in [0.2, 0.25) is 5.91 Å². The van der Waals surface area contributed by atoms with Gasteiger partial charge in [0.15, 0.2) is 0 Å². The normalized spacial score (nSPS) is 19.8. The van der Waals surface area contributed by atoms with Crippen molar-refractivity contribution in [3.8, 4) is 0 Å². The van der Waals surface area contributed by atoms with E-state index in [9.17, 15) is 4.79 Å². The standard InChI is InChI=1S/C25H34N2O2/c1-19-7-9-22(10-8-19)5-4-6-25(28)26-15-23-11-13-24(14-12-23)18-27-16-20(2)29-21(3)17-27/h7-14,20-21H,4-6,15-18H2,1-3H3,(H,26,28)/t20-,21-/m0/s1. The van der Waals surface area contributed by atoms with Crippen LogP contribution in [-0.2, 0) is 29.0 Å². The molecule has 2 aromatic rings. The SMILES string of the molecule is Cc1ccc(CCCC(=O)NCc2ccc(CN3C[C@H](C)O[C@@H](C)C3)cc2)cc1. The summed E-state index contributed by atoms with van der Waals surface area (Å²) in [5, 5.41) is 3.04. The molecule has 0 saturated carbocycles. The van der Waals surface area contributed by atoms with E-state index >= 15 is 0 Å². The van der Waals surface area contributed by atoms with Gasteiger partial charge in [-0.25, -0.2) is 0 Å². The van der Waals surface area contributed by atoms with Gasteiger partial charge in [0.25, 0.3) is 0 Å². The topological polar surface area (TPSA) is 41.6 Å². The van der Waals surface area contributed by atoms with Gasteiger partial charge in [0.1, 0.15) is 0 Å². The second-order valence-electron chi connectivity index (χ2n) is 8.38. The fourth-order valence-electron chi connectivity index (χ4n) is 3.93. The zero-order valence-corrected chi connectivity index (χ0v) is 18.0. The molecule has 2 atom stereocenters. The van der Waals surface area contributed by atoms with Crippen LogP contribution >= 0.6 is 0 Å². The zero-order chi connectivity index (χ0) is 20.6. The van der Waals surface area contributed by atoms with Crippen LogP contribution in [0.3, 0.4) is 0 Å². The molecule has 0 unspecified atom stereocenters. The van der Waals surface area contributed by atoms with Crippen LogP contribution in [0, 0.1) is 6.92 Å². The number of morpholine rings is 1. The number of hydrogen-bond donors (Lipinski definition) is 1. The predicted octanol–water partition coefficient (Wildman–Crippen LogP) is 4.24. The average molecular weight is 395 g/mol. The molecule has 1 saturated heterocycles. The third-order valence-corrected chi connectivity index (χ3v) is 5.40. The van der Waals surface area contributed by atoms with Crippen molar-refractivity contribution in [1.29, 1.82) is 0 Å². The van der Waals surface area contributed by atoms with E-state index in [1.54, 1.807) is 0 Å². The molecule has 1 aliphatic rings. The molecule has 1 fully saturated rings. The summed E-state index contributed by atoms with van der Waals surface area (Å²) < 4.78 is 5.80. The van der Waals surface area contributed by atoms with Crippen molar-refractivity contribution in [2.24, 2.45) is 0 Å². The van der Waals surface area contributed by atoms with Crippen LogP contribution in [-0.4, -0.2) is 36.1 Å². The quantitative estimate of drug-likeness (QED) is 0.728. The van der Waals surface area contributed by atoms with Gasteiger partial charge in [-0.05, 0) is 50.3 Å². The molecule has 0 bridgehead atoms. The molecular weight excluding hydrogens is 360 g/mol. The fourth-order valence-corrected chi connectivity index (χ4v) is 3.93. The highest BCUT2D eigenvalue weighted by molar-refractivity contribution is 5.75. The molecule has 0 radical (unpaired) electrons. The van der Waals surface area contributed by atoms with E-state index in [0.29, 0.717) is 25.2 Å². The summed E-state index contributed by atoms with van der Waals surface area (Å²) in [5.41, 5.74) is 5.01. The van der Waals surface area contributed by atoms with Gasteiger partial charge in [-0.1, -0.05) is 54.1 Å². The van der Waals surface area contributed by atoms with Crippen molar-refractivity contribution < 1.29 is 9.53 Å². The fraction of sp³-hybridized carbons (Fsp3) is 0.480. The second kappa shape index (κ2) is 10.6. The first-order chi connectivity index (χ1) is 14.0. The first-order valence-electron chi connectivity index (χ1n) is 10.8. The molecular formula is C25H34N2O2. The summed E-state index contributed by atoms with van der Waals surface area (Å²) in [6, 6.07) is 17.1. The van der Waals surface area contributed by atoms with Gasteiger partial charge in [0.05, 0.1) is 12.2 Å². The van der Waals surface area contributed by atoms with Crippen LogP contribution in [0.2, 0.25) is 0 Å². The molecule has 1 N–H and O–H groups in total. The maximum atomic E-state index is 12.1. The van der Waals surface area contributed by atoms with Crippen molar-refractivity contribution in [3.63, 3.8) is 0 Å².